The van der Waals surface area contributed by atoms with Crippen LogP contribution in [0.15, 0.2) is 58.1 Å². The van der Waals surface area contributed by atoms with E-state index in [0.29, 0.717) is 23.7 Å². The Morgan fingerprint density at radius 2 is 1.79 bits per heavy atom. The summed E-state index contributed by atoms with van der Waals surface area (Å²) in [5, 5.41) is 11.1. The molecule has 3 rings (SSSR count). The third-order valence-electron chi connectivity index (χ3n) is 4.00. The topological polar surface area (TPSA) is 127 Å². The lowest BCUT2D eigenvalue weighted by atomic mass is 10.1. The molecule has 0 atom stereocenters. The number of nitrogens with zero attached hydrogens (tertiary/aromatic N) is 1. The normalized spacial score (nSPS) is 10.8. The summed E-state index contributed by atoms with van der Waals surface area (Å²) < 4.78 is 11.1. The minimum Gasteiger partial charge on any atom is -0.493 e. The Bertz CT molecular complexity index is 1160. The first-order valence-electron chi connectivity index (χ1n) is 8.52. The van der Waals surface area contributed by atoms with Gasteiger partial charge in [-0.05, 0) is 29.3 Å². The second kappa shape index (κ2) is 8.70. The van der Waals surface area contributed by atoms with Crippen LogP contribution in [-0.4, -0.2) is 22.0 Å². The van der Waals surface area contributed by atoms with Gasteiger partial charge < -0.3 is 14.5 Å². The van der Waals surface area contributed by atoms with E-state index in [0.717, 1.165) is 5.56 Å². The average Bonchev–Trinajstić information content (AvgIpc) is 2.70. The fourth-order valence-corrected chi connectivity index (χ4v) is 2.62. The molecule has 9 heteroatoms. The first-order chi connectivity index (χ1) is 14.0. The molecule has 148 valence electrons. The highest BCUT2D eigenvalue weighted by Crippen LogP contribution is 2.29. The van der Waals surface area contributed by atoms with Crippen LogP contribution in [0, 0.1) is 10.1 Å². The molecule has 2 aromatic carbocycles. The molecule has 0 fully saturated rings. The van der Waals surface area contributed by atoms with E-state index in [-0.39, 0.29) is 5.69 Å². The van der Waals surface area contributed by atoms with E-state index in [1.165, 1.54) is 19.3 Å². The zero-order valence-electron chi connectivity index (χ0n) is 15.4. The molecule has 0 saturated carbocycles. The number of aromatic nitrogens is 2. The SMILES string of the molecule is COc1cc(/C=C/c2[nH]c(=O)[nH]c(=O)c2[N+](=O)[O-])ccc1OCc1ccccc1. The predicted octanol–water partition coefficient (Wildman–Crippen LogP) is 2.73. The highest BCUT2D eigenvalue weighted by molar-refractivity contribution is 5.72. The molecule has 0 aliphatic carbocycles. The summed E-state index contributed by atoms with van der Waals surface area (Å²) in [5.41, 5.74) is -1.21. The van der Waals surface area contributed by atoms with Gasteiger partial charge in [0.1, 0.15) is 12.3 Å². The summed E-state index contributed by atoms with van der Waals surface area (Å²) >= 11 is 0. The number of aromatic amines is 2. The molecule has 0 unspecified atom stereocenters. The van der Waals surface area contributed by atoms with Crippen molar-refractivity contribution < 1.29 is 14.4 Å². The Balaban J connectivity index is 1.85. The minimum absolute atomic E-state index is 0.202. The van der Waals surface area contributed by atoms with Crippen molar-refractivity contribution in [3.63, 3.8) is 0 Å². The summed E-state index contributed by atoms with van der Waals surface area (Å²) in [7, 11) is 1.50. The maximum Gasteiger partial charge on any atom is 0.357 e. The molecule has 0 bridgehead atoms. The van der Waals surface area contributed by atoms with Crippen molar-refractivity contribution in [1.82, 2.24) is 9.97 Å². The lowest BCUT2D eigenvalue weighted by molar-refractivity contribution is -0.386. The molecule has 0 spiro atoms. The van der Waals surface area contributed by atoms with Gasteiger partial charge in [0.25, 0.3) is 0 Å². The van der Waals surface area contributed by atoms with Gasteiger partial charge in [-0.3, -0.25) is 19.9 Å². The molecule has 9 nitrogen and oxygen atoms in total. The van der Waals surface area contributed by atoms with Crippen LogP contribution >= 0.6 is 0 Å². The number of nitrogens with one attached hydrogen (secondary N) is 2. The molecule has 1 aromatic heterocycles. The van der Waals surface area contributed by atoms with Crippen LogP contribution in [0.4, 0.5) is 5.69 Å². The van der Waals surface area contributed by atoms with Crippen LogP contribution in [0.25, 0.3) is 12.2 Å². The number of rotatable bonds is 7. The van der Waals surface area contributed by atoms with Gasteiger partial charge in [-0.25, -0.2) is 4.79 Å². The summed E-state index contributed by atoms with van der Waals surface area (Å²) in [6.45, 7) is 0.368. The fourth-order valence-electron chi connectivity index (χ4n) is 2.62. The third kappa shape index (κ3) is 4.78. The van der Waals surface area contributed by atoms with Gasteiger partial charge in [0.05, 0.1) is 12.0 Å². The predicted molar refractivity (Wildman–Crippen MR) is 107 cm³/mol. The van der Waals surface area contributed by atoms with Crippen LogP contribution in [0.2, 0.25) is 0 Å². The molecule has 2 N–H and O–H groups in total. The number of nitro groups is 1. The molecular formula is C20H17N3O6. The van der Waals surface area contributed by atoms with E-state index < -0.39 is 21.9 Å². The van der Waals surface area contributed by atoms with Crippen LogP contribution in [0.1, 0.15) is 16.8 Å². The second-order valence-corrected chi connectivity index (χ2v) is 5.95. The van der Waals surface area contributed by atoms with Gasteiger partial charge in [-0.1, -0.05) is 42.5 Å². The molecule has 0 amide bonds. The van der Waals surface area contributed by atoms with Gasteiger partial charge in [-0.2, -0.15) is 0 Å². The van der Waals surface area contributed by atoms with Crippen molar-refractivity contribution in [2.45, 2.75) is 6.61 Å². The van der Waals surface area contributed by atoms with Crippen molar-refractivity contribution in [1.29, 1.82) is 0 Å². The van der Waals surface area contributed by atoms with Gasteiger partial charge >= 0.3 is 16.9 Å². The number of ether oxygens (including phenoxy) is 2. The van der Waals surface area contributed by atoms with Crippen molar-refractivity contribution >= 4 is 17.8 Å². The monoisotopic (exact) mass is 395 g/mol. The molecular weight excluding hydrogens is 378 g/mol. The van der Waals surface area contributed by atoms with E-state index in [1.54, 1.807) is 18.2 Å². The lowest BCUT2D eigenvalue weighted by Crippen LogP contribution is -2.25. The van der Waals surface area contributed by atoms with Crippen molar-refractivity contribution in [2.24, 2.45) is 0 Å². The molecule has 3 aromatic rings. The average molecular weight is 395 g/mol. The first-order valence-corrected chi connectivity index (χ1v) is 8.52. The van der Waals surface area contributed by atoms with Crippen molar-refractivity contribution in [3.05, 3.63) is 96.3 Å². The highest BCUT2D eigenvalue weighted by Gasteiger charge is 2.18. The summed E-state index contributed by atoms with van der Waals surface area (Å²) in [6, 6.07) is 14.7. The quantitative estimate of drug-likeness (QED) is 0.468. The van der Waals surface area contributed by atoms with Gasteiger partial charge in [0.2, 0.25) is 0 Å². The largest absolute Gasteiger partial charge is 0.493 e. The number of benzene rings is 2. The molecule has 0 radical (unpaired) electrons. The summed E-state index contributed by atoms with van der Waals surface area (Å²) in [5.74, 6) is 1.00. The summed E-state index contributed by atoms with van der Waals surface area (Å²) in [6.07, 6.45) is 2.80. The van der Waals surface area contributed by atoms with Gasteiger partial charge in [-0.15, -0.1) is 0 Å². The molecule has 0 aliphatic rings. The smallest absolute Gasteiger partial charge is 0.357 e. The van der Waals surface area contributed by atoms with Crippen LogP contribution in [0.5, 0.6) is 11.5 Å². The van der Waals surface area contributed by atoms with E-state index >= 15 is 0 Å². The maximum absolute atomic E-state index is 11.7. The summed E-state index contributed by atoms with van der Waals surface area (Å²) in [4.78, 5) is 37.4. The number of hydrogen-bond donors (Lipinski definition) is 2. The maximum atomic E-state index is 11.7. The minimum atomic E-state index is -1.07. The molecule has 29 heavy (non-hydrogen) atoms. The van der Waals surface area contributed by atoms with Crippen molar-refractivity contribution in [3.8, 4) is 11.5 Å². The molecule has 1 heterocycles. The Hall–Kier alpha value is -4.14. The van der Waals surface area contributed by atoms with Crippen LogP contribution in [0.3, 0.4) is 0 Å². The molecule has 0 saturated heterocycles. The fraction of sp³-hybridized carbons (Fsp3) is 0.100. The van der Waals surface area contributed by atoms with Crippen molar-refractivity contribution in [2.75, 3.05) is 7.11 Å². The van der Waals surface area contributed by atoms with Crippen LogP contribution in [-0.2, 0) is 6.61 Å². The van der Waals surface area contributed by atoms with E-state index in [1.807, 2.05) is 35.3 Å². The van der Waals surface area contributed by atoms with E-state index in [2.05, 4.69) is 4.98 Å². The van der Waals surface area contributed by atoms with Crippen LogP contribution < -0.4 is 20.7 Å². The Morgan fingerprint density at radius 3 is 2.48 bits per heavy atom. The third-order valence-corrected chi connectivity index (χ3v) is 4.00. The number of H-pyrrole nitrogens is 2. The Labute approximate surface area is 164 Å². The molecule has 0 aliphatic heterocycles. The number of methoxy groups -OCH3 is 1. The first kappa shape index (κ1) is 19.6. The highest BCUT2D eigenvalue weighted by atomic mass is 16.6. The standard InChI is InChI=1S/C20H17N3O6/c1-28-17-11-13(8-10-16(17)29-12-14-5-3-2-4-6-14)7-9-15-18(23(26)27)19(24)22-20(25)21-15/h2-11H,12H2,1H3,(H2,21,22,24,25)/b9-7+. The lowest BCUT2D eigenvalue weighted by Gasteiger charge is -2.11. The van der Waals surface area contributed by atoms with E-state index in [9.17, 15) is 19.7 Å². The Kier molecular flexibility index (Phi) is 5.88. The number of hydrogen-bond acceptors (Lipinski definition) is 6. The Morgan fingerprint density at radius 1 is 1.03 bits per heavy atom. The zero-order valence-corrected chi connectivity index (χ0v) is 15.4. The zero-order chi connectivity index (χ0) is 20.8. The van der Waals surface area contributed by atoms with Gasteiger partial charge in [0, 0.05) is 0 Å². The van der Waals surface area contributed by atoms with E-state index in [4.69, 9.17) is 9.47 Å². The second-order valence-electron chi connectivity index (χ2n) is 5.95. The van der Waals surface area contributed by atoms with Gasteiger partial charge in [0.15, 0.2) is 11.5 Å².